The van der Waals surface area contributed by atoms with Gasteiger partial charge in [-0.25, -0.2) is 4.39 Å². The van der Waals surface area contributed by atoms with E-state index in [1.807, 2.05) is 13.8 Å². The van der Waals surface area contributed by atoms with Gasteiger partial charge in [0.25, 0.3) is 0 Å². The van der Waals surface area contributed by atoms with E-state index in [2.05, 4.69) is 5.32 Å². The number of carbonyl (C=O) groups excluding carboxylic acids is 2. The van der Waals surface area contributed by atoms with E-state index in [0.29, 0.717) is 24.0 Å². The Bertz CT molecular complexity index is 761. The topological polar surface area (TPSA) is 55.4 Å². The summed E-state index contributed by atoms with van der Waals surface area (Å²) < 4.78 is 20.5. The molecule has 138 valence electrons. The van der Waals surface area contributed by atoms with Gasteiger partial charge in [0, 0.05) is 29.6 Å². The van der Waals surface area contributed by atoms with Crippen LogP contribution in [0.5, 0.6) is 5.75 Å². The van der Waals surface area contributed by atoms with Crippen LogP contribution >= 0.6 is 0 Å². The number of rotatable bonds is 9. The normalized spacial score (nSPS) is 13.1. The van der Waals surface area contributed by atoms with Crippen LogP contribution in [0.2, 0.25) is 0 Å². The summed E-state index contributed by atoms with van der Waals surface area (Å²) in [5, 5.41) is 3.24. The van der Waals surface area contributed by atoms with Crippen LogP contribution in [0, 0.1) is 5.82 Å². The summed E-state index contributed by atoms with van der Waals surface area (Å²) in [6.45, 7) is 3.79. The highest BCUT2D eigenvalue weighted by atomic mass is 19.1. The van der Waals surface area contributed by atoms with Gasteiger partial charge in [0.1, 0.15) is 23.4 Å². The summed E-state index contributed by atoms with van der Waals surface area (Å²) in [5.41, 5.74) is 0.724. The van der Waals surface area contributed by atoms with Gasteiger partial charge in [0.05, 0.1) is 7.11 Å². The number of ether oxygens (including phenoxy) is 1. The Morgan fingerprint density at radius 2 is 1.92 bits per heavy atom. The molecule has 0 amide bonds. The van der Waals surface area contributed by atoms with E-state index in [1.54, 1.807) is 42.5 Å². The van der Waals surface area contributed by atoms with Crippen molar-refractivity contribution in [3.8, 4) is 5.75 Å². The lowest BCUT2D eigenvalue weighted by molar-refractivity contribution is -0.108. The fraction of sp³-hybridized carbons (Fsp3) is 0.333. The van der Waals surface area contributed by atoms with E-state index in [-0.39, 0.29) is 23.4 Å². The number of halogens is 1. The molecule has 0 heterocycles. The molecule has 5 heteroatoms. The molecule has 2 aromatic rings. The second kappa shape index (κ2) is 9.25. The molecule has 2 atom stereocenters. The zero-order valence-corrected chi connectivity index (χ0v) is 15.3. The largest absolute Gasteiger partial charge is 0.496 e. The average Bonchev–Trinajstić information content (AvgIpc) is 2.66. The fourth-order valence-electron chi connectivity index (χ4n) is 2.94. The number of hydrogen-bond acceptors (Lipinski definition) is 4. The quantitative estimate of drug-likeness (QED) is 0.543. The van der Waals surface area contributed by atoms with Crippen LogP contribution in [0.4, 0.5) is 4.39 Å². The van der Waals surface area contributed by atoms with Crippen molar-refractivity contribution in [1.82, 2.24) is 5.32 Å². The lowest BCUT2D eigenvalue weighted by atomic mass is 9.95. The van der Waals surface area contributed by atoms with Crippen LogP contribution in [0.3, 0.4) is 0 Å². The van der Waals surface area contributed by atoms with Crippen LogP contribution in [0.15, 0.2) is 42.5 Å². The Morgan fingerprint density at radius 1 is 1.23 bits per heavy atom. The Labute approximate surface area is 153 Å². The van der Waals surface area contributed by atoms with Crippen molar-refractivity contribution in [2.45, 2.75) is 38.8 Å². The summed E-state index contributed by atoms with van der Waals surface area (Å²) >= 11 is 0. The number of benzene rings is 2. The first-order valence-corrected chi connectivity index (χ1v) is 8.69. The monoisotopic (exact) mass is 357 g/mol. The zero-order valence-electron chi connectivity index (χ0n) is 15.3. The Hall–Kier alpha value is -2.53. The van der Waals surface area contributed by atoms with Crippen molar-refractivity contribution in [3.63, 3.8) is 0 Å². The molecule has 4 nitrogen and oxygen atoms in total. The van der Waals surface area contributed by atoms with Gasteiger partial charge < -0.3 is 14.8 Å². The zero-order chi connectivity index (χ0) is 19.1. The van der Waals surface area contributed by atoms with Crippen molar-refractivity contribution in [2.24, 2.45) is 0 Å². The fourth-order valence-corrected chi connectivity index (χ4v) is 2.94. The number of hydrogen-bond donors (Lipinski definition) is 1. The molecule has 0 spiro atoms. The third-order valence-corrected chi connectivity index (χ3v) is 4.34. The molecule has 0 aliphatic carbocycles. The summed E-state index contributed by atoms with van der Waals surface area (Å²) in [5.74, 6) is -0.802. The molecule has 0 radical (unpaired) electrons. The predicted molar refractivity (Wildman–Crippen MR) is 99.1 cm³/mol. The summed E-state index contributed by atoms with van der Waals surface area (Å²) in [4.78, 5) is 23.5. The van der Waals surface area contributed by atoms with E-state index in [0.717, 1.165) is 6.29 Å². The van der Waals surface area contributed by atoms with Crippen molar-refractivity contribution >= 4 is 12.1 Å². The molecule has 0 aliphatic rings. The van der Waals surface area contributed by atoms with Gasteiger partial charge in [-0.15, -0.1) is 0 Å². The van der Waals surface area contributed by atoms with Crippen LogP contribution < -0.4 is 10.1 Å². The van der Waals surface area contributed by atoms with Gasteiger partial charge in [0.2, 0.25) is 0 Å². The van der Waals surface area contributed by atoms with Crippen molar-refractivity contribution in [1.29, 1.82) is 0 Å². The second-order valence-corrected chi connectivity index (χ2v) is 6.17. The number of carbonyl (C=O) groups is 2. The number of methoxy groups -OCH3 is 1. The van der Waals surface area contributed by atoms with Gasteiger partial charge in [-0.3, -0.25) is 4.79 Å². The van der Waals surface area contributed by atoms with E-state index in [4.69, 9.17) is 4.74 Å². The SMILES string of the molecule is CC[C@@H](N[C@@H](C)CC=O)c1ccc(OC)c(C(=O)c2ccccc2)c1F. The van der Waals surface area contributed by atoms with E-state index in [1.165, 1.54) is 7.11 Å². The van der Waals surface area contributed by atoms with Gasteiger partial charge in [-0.1, -0.05) is 43.3 Å². The first kappa shape index (κ1) is 19.8. The molecule has 1 N–H and O–H groups in total. The molecule has 0 unspecified atom stereocenters. The molecule has 0 bridgehead atoms. The lowest BCUT2D eigenvalue weighted by Crippen LogP contribution is -2.31. The minimum atomic E-state index is -0.587. The van der Waals surface area contributed by atoms with Crippen LogP contribution in [0.25, 0.3) is 0 Å². The number of aldehydes is 1. The van der Waals surface area contributed by atoms with E-state index >= 15 is 4.39 Å². The molecule has 0 saturated heterocycles. The van der Waals surface area contributed by atoms with Gasteiger partial charge in [0.15, 0.2) is 5.78 Å². The number of nitrogens with one attached hydrogen (secondary N) is 1. The molecule has 2 aromatic carbocycles. The standard InChI is InChI=1S/C21H24FNO3/c1-4-17(23-14(2)12-13-24)16-10-11-18(26-3)19(20(16)22)21(25)15-8-6-5-7-9-15/h5-11,13-14,17,23H,4,12H2,1-3H3/t14-,17+/m0/s1. The highest BCUT2D eigenvalue weighted by Gasteiger charge is 2.25. The van der Waals surface area contributed by atoms with E-state index in [9.17, 15) is 9.59 Å². The minimum absolute atomic E-state index is 0.0699. The molecular formula is C21H24FNO3. The minimum Gasteiger partial charge on any atom is -0.496 e. The predicted octanol–water partition coefficient (Wildman–Crippen LogP) is 4.08. The van der Waals surface area contributed by atoms with Gasteiger partial charge >= 0.3 is 0 Å². The smallest absolute Gasteiger partial charge is 0.199 e. The van der Waals surface area contributed by atoms with Crippen LogP contribution in [-0.4, -0.2) is 25.2 Å². The lowest BCUT2D eigenvalue weighted by Gasteiger charge is -2.23. The van der Waals surface area contributed by atoms with Crippen LogP contribution in [-0.2, 0) is 4.79 Å². The maximum Gasteiger partial charge on any atom is 0.199 e. The Morgan fingerprint density at radius 3 is 2.50 bits per heavy atom. The van der Waals surface area contributed by atoms with E-state index < -0.39 is 11.6 Å². The molecule has 0 saturated carbocycles. The Kier molecular flexibility index (Phi) is 7.04. The first-order valence-electron chi connectivity index (χ1n) is 8.69. The molecular weight excluding hydrogens is 333 g/mol. The maximum atomic E-state index is 15.3. The maximum absolute atomic E-state index is 15.3. The van der Waals surface area contributed by atoms with Gasteiger partial charge in [-0.05, 0) is 19.4 Å². The summed E-state index contributed by atoms with van der Waals surface area (Å²) in [6.07, 6.45) is 1.79. The molecule has 0 aromatic heterocycles. The molecule has 26 heavy (non-hydrogen) atoms. The van der Waals surface area contributed by atoms with Crippen molar-refractivity contribution in [2.75, 3.05) is 7.11 Å². The molecule has 0 aliphatic heterocycles. The summed E-state index contributed by atoms with van der Waals surface area (Å²) in [7, 11) is 1.41. The highest BCUT2D eigenvalue weighted by Crippen LogP contribution is 2.31. The number of ketones is 1. The van der Waals surface area contributed by atoms with Gasteiger partial charge in [-0.2, -0.15) is 0 Å². The third kappa shape index (κ3) is 4.35. The first-order chi connectivity index (χ1) is 12.5. The average molecular weight is 357 g/mol. The summed E-state index contributed by atoms with van der Waals surface area (Å²) in [6, 6.07) is 11.4. The second-order valence-electron chi connectivity index (χ2n) is 6.17. The molecule has 2 rings (SSSR count). The third-order valence-electron chi connectivity index (χ3n) is 4.34. The highest BCUT2D eigenvalue weighted by molar-refractivity contribution is 6.11. The van der Waals surface area contributed by atoms with Crippen molar-refractivity contribution in [3.05, 3.63) is 65.0 Å². The van der Waals surface area contributed by atoms with Crippen molar-refractivity contribution < 1.29 is 18.7 Å². The molecule has 0 fully saturated rings. The Balaban J connectivity index is 2.47. The van der Waals surface area contributed by atoms with Crippen LogP contribution in [0.1, 0.15) is 54.2 Å².